The summed E-state index contributed by atoms with van der Waals surface area (Å²) in [6.07, 6.45) is -2.89. The monoisotopic (exact) mass is 275 g/mol. The fourth-order valence-electron chi connectivity index (χ4n) is 2.04. The van der Waals surface area contributed by atoms with E-state index in [0.717, 1.165) is 38.1 Å². The average Bonchev–Trinajstić information content (AvgIpc) is 2.39. The van der Waals surface area contributed by atoms with Gasteiger partial charge in [-0.15, -0.1) is 0 Å². The maximum absolute atomic E-state index is 12.7. The van der Waals surface area contributed by atoms with Gasteiger partial charge in [0, 0.05) is 0 Å². The summed E-state index contributed by atoms with van der Waals surface area (Å²) in [5.74, 6) is 0.482. The molecular formula is C13H16F3NO2. The Morgan fingerprint density at radius 2 is 1.84 bits per heavy atom. The first kappa shape index (κ1) is 14.0. The predicted molar refractivity (Wildman–Crippen MR) is 64.5 cm³/mol. The molecule has 1 aliphatic heterocycles. The van der Waals surface area contributed by atoms with Crippen molar-refractivity contribution in [1.82, 2.24) is 5.32 Å². The average molecular weight is 275 g/mol. The normalized spacial score (nSPS) is 17.3. The summed E-state index contributed by atoms with van der Waals surface area (Å²) in [7, 11) is 1.41. The summed E-state index contributed by atoms with van der Waals surface area (Å²) < 4.78 is 48.7. The minimum atomic E-state index is -4.38. The van der Waals surface area contributed by atoms with Crippen molar-refractivity contribution in [3.63, 3.8) is 0 Å². The maximum Gasteiger partial charge on any atom is 0.416 e. The highest BCUT2D eigenvalue weighted by molar-refractivity contribution is 5.44. The highest BCUT2D eigenvalue weighted by Crippen LogP contribution is 2.37. The first-order valence-corrected chi connectivity index (χ1v) is 6.13. The van der Waals surface area contributed by atoms with Crippen molar-refractivity contribution in [2.45, 2.75) is 25.1 Å². The van der Waals surface area contributed by atoms with Gasteiger partial charge in [0.05, 0.1) is 12.7 Å². The summed E-state index contributed by atoms with van der Waals surface area (Å²) in [5.41, 5.74) is -0.725. The number of alkyl halides is 3. The van der Waals surface area contributed by atoms with Gasteiger partial charge in [0.15, 0.2) is 11.5 Å². The molecule has 19 heavy (non-hydrogen) atoms. The molecule has 1 saturated heterocycles. The zero-order chi connectivity index (χ0) is 13.9. The SMILES string of the molecule is COc1ccc(C(F)(F)F)cc1OC1CCNCC1. The van der Waals surface area contributed by atoms with Crippen LogP contribution >= 0.6 is 0 Å². The van der Waals surface area contributed by atoms with Crippen molar-refractivity contribution in [3.05, 3.63) is 23.8 Å². The number of benzene rings is 1. The lowest BCUT2D eigenvalue weighted by Gasteiger charge is -2.25. The van der Waals surface area contributed by atoms with Gasteiger partial charge in [0.25, 0.3) is 0 Å². The van der Waals surface area contributed by atoms with Crippen molar-refractivity contribution < 1.29 is 22.6 Å². The Morgan fingerprint density at radius 1 is 1.16 bits per heavy atom. The molecule has 1 heterocycles. The summed E-state index contributed by atoms with van der Waals surface area (Å²) in [4.78, 5) is 0. The Morgan fingerprint density at radius 3 is 2.42 bits per heavy atom. The van der Waals surface area contributed by atoms with Crippen LogP contribution in [0, 0.1) is 0 Å². The molecule has 1 aliphatic rings. The molecule has 0 radical (unpaired) electrons. The summed E-state index contributed by atoms with van der Waals surface area (Å²) in [6.45, 7) is 1.62. The van der Waals surface area contributed by atoms with Gasteiger partial charge in [-0.25, -0.2) is 0 Å². The Labute approximate surface area is 109 Å². The number of nitrogens with one attached hydrogen (secondary N) is 1. The van der Waals surface area contributed by atoms with Crippen LogP contribution in [0.5, 0.6) is 11.5 Å². The van der Waals surface area contributed by atoms with Crippen LogP contribution in [0.15, 0.2) is 18.2 Å². The van der Waals surface area contributed by atoms with E-state index in [4.69, 9.17) is 9.47 Å². The van der Waals surface area contributed by atoms with Crippen LogP contribution in [0.1, 0.15) is 18.4 Å². The number of methoxy groups -OCH3 is 1. The van der Waals surface area contributed by atoms with Crippen LogP contribution in [0.25, 0.3) is 0 Å². The van der Waals surface area contributed by atoms with E-state index in [1.165, 1.54) is 13.2 Å². The van der Waals surface area contributed by atoms with Crippen LogP contribution in [-0.4, -0.2) is 26.3 Å². The zero-order valence-electron chi connectivity index (χ0n) is 10.6. The van der Waals surface area contributed by atoms with Gasteiger partial charge in [0.1, 0.15) is 6.10 Å². The standard InChI is InChI=1S/C13H16F3NO2/c1-18-11-3-2-9(13(14,15)16)8-12(11)19-10-4-6-17-7-5-10/h2-3,8,10,17H,4-7H2,1H3. The molecule has 0 amide bonds. The second-order valence-electron chi connectivity index (χ2n) is 4.43. The van der Waals surface area contributed by atoms with Gasteiger partial charge in [-0.2, -0.15) is 13.2 Å². The third-order valence-electron chi connectivity index (χ3n) is 3.07. The summed E-state index contributed by atoms with van der Waals surface area (Å²) >= 11 is 0. The summed E-state index contributed by atoms with van der Waals surface area (Å²) in [5, 5.41) is 3.17. The number of piperidine rings is 1. The fourth-order valence-corrected chi connectivity index (χ4v) is 2.04. The number of hydrogen-bond acceptors (Lipinski definition) is 3. The highest BCUT2D eigenvalue weighted by Gasteiger charge is 2.31. The van der Waals surface area contributed by atoms with E-state index in [-0.39, 0.29) is 11.9 Å². The Balaban J connectivity index is 2.20. The largest absolute Gasteiger partial charge is 0.493 e. The molecular weight excluding hydrogens is 259 g/mol. The molecule has 0 atom stereocenters. The molecule has 0 saturated carbocycles. The topological polar surface area (TPSA) is 30.5 Å². The van der Waals surface area contributed by atoms with E-state index in [0.29, 0.717) is 5.75 Å². The van der Waals surface area contributed by atoms with Crippen LogP contribution in [0.4, 0.5) is 13.2 Å². The van der Waals surface area contributed by atoms with Gasteiger partial charge >= 0.3 is 6.18 Å². The minimum absolute atomic E-state index is 0.0707. The number of ether oxygens (including phenoxy) is 2. The molecule has 0 bridgehead atoms. The second kappa shape index (κ2) is 5.69. The Hall–Kier alpha value is -1.43. The quantitative estimate of drug-likeness (QED) is 0.920. The van der Waals surface area contributed by atoms with Gasteiger partial charge in [0.2, 0.25) is 0 Å². The molecule has 0 aromatic heterocycles. The lowest BCUT2D eigenvalue weighted by atomic mass is 10.1. The third kappa shape index (κ3) is 3.53. The van der Waals surface area contributed by atoms with Gasteiger partial charge in [-0.05, 0) is 44.1 Å². The van der Waals surface area contributed by atoms with E-state index < -0.39 is 11.7 Å². The second-order valence-corrected chi connectivity index (χ2v) is 4.43. The van der Waals surface area contributed by atoms with Crippen LogP contribution < -0.4 is 14.8 Å². The van der Waals surface area contributed by atoms with Crippen LogP contribution in [0.2, 0.25) is 0 Å². The van der Waals surface area contributed by atoms with Crippen molar-refractivity contribution in [3.8, 4) is 11.5 Å². The maximum atomic E-state index is 12.7. The van der Waals surface area contributed by atoms with Gasteiger partial charge in [-0.1, -0.05) is 0 Å². The first-order valence-electron chi connectivity index (χ1n) is 6.13. The predicted octanol–water partition coefficient (Wildman–Crippen LogP) is 2.84. The molecule has 3 nitrogen and oxygen atoms in total. The Bertz CT molecular complexity index is 428. The van der Waals surface area contributed by atoms with E-state index in [9.17, 15) is 13.2 Å². The van der Waals surface area contributed by atoms with Crippen LogP contribution in [0.3, 0.4) is 0 Å². The molecule has 0 unspecified atom stereocenters. The minimum Gasteiger partial charge on any atom is -0.493 e. The molecule has 1 aromatic rings. The molecule has 0 spiro atoms. The Kier molecular flexibility index (Phi) is 4.19. The first-order chi connectivity index (χ1) is 9.00. The highest BCUT2D eigenvalue weighted by atomic mass is 19.4. The van der Waals surface area contributed by atoms with Gasteiger partial charge < -0.3 is 14.8 Å². The molecule has 0 aliphatic carbocycles. The number of halogens is 3. The van der Waals surface area contributed by atoms with Crippen molar-refractivity contribution in [2.75, 3.05) is 20.2 Å². The number of rotatable bonds is 3. The lowest BCUT2D eigenvalue weighted by Crippen LogP contribution is -2.34. The third-order valence-corrected chi connectivity index (χ3v) is 3.07. The smallest absolute Gasteiger partial charge is 0.416 e. The zero-order valence-corrected chi connectivity index (χ0v) is 10.6. The van der Waals surface area contributed by atoms with Crippen molar-refractivity contribution in [1.29, 1.82) is 0 Å². The van der Waals surface area contributed by atoms with Crippen LogP contribution in [-0.2, 0) is 6.18 Å². The van der Waals surface area contributed by atoms with E-state index in [1.807, 2.05) is 0 Å². The molecule has 1 aromatic carbocycles. The molecule has 6 heteroatoms. The molecule has 1 N–H and O–H groups in total. The fraction of sp³-hybridized carbons (Fsp3) is 0.538. The summed E-state index contributed by atoms with van der Waals surface area (Å²) in [6, 6.07) is 3.29. The van der Waals surface area contributed by atoms with E-state index in [1.54, 1.807) is 0 Å². The lowest BCUT2D eigenvalue weighted by molar-refractivity contribution is -0.137. The van der Waals surface area contributed by atoms with Gasteiger partial charge in [-0.3, -0.25) is 0 Å². The van der Waals surface area contributed by atoms with E-state index in [2.05, 4.69) is 5.32 Å². The van der Waals surface area contributed by atoms with Crippen molar-refractivity contribution in [2.24, 2.45) is 0 Å². The molecule has 106 valence electrons. The van der Waals surface area contributed by atoms with Crippen molar-refractivity contribution >= 4 is 0 Å². The van der Waals surface area contributed by atoms with E-state index >= 15 is 0 Å². The molecule has 2 rings (SSSR count). The number of hydrogen-bond donors (Lipinski definition) is 1. The molecule has 1 fully saturated rings.